The Hall–Kier alpha value is -6.42. The molecule has 0 radical (unpaired) electrons. The van der Waals surface area contributed by atoms with Crippen LogP contribution in [0.2, 0.25) is 0 Å². The Labute approximate surface area is 395 Å². The van der Waals surface area contributed by atoms with Crippen LogP contribution < -0.4 is 31.8 Å². The Morgan fingerprint density at radius 2 is 0.727 bits per heavy atom. The van der Waals surface area contributed by atoms with E-state index in [9.17, 15) is 0 Å². The fourth-order valence-electron chi connectivity index (χ4n) is 9.76. The third-order valence-electron chi connectivity index (χ3n) is 13.0. The van der Waals surface area contributed by atoms with Crippen molar-refractivity contribution in [3.8, 4) is 0 Å². The molecule has 0 atom stereocenters. The normalized spacial score (nSPS) is 13.9. The number of allylic oxidation sites excluding steroid dienone is 5. The Balaban J connectivity index is 1.50. The summed E-state index contributed by atoms with van der Waals surface area (Å²) in [7, 11) is -2.61. The highest BCUT2D eigenvalue weighted by molar-refractivity contribution is 8.03. The van der Waals surface area contributed by atoms with Gasteiger partial charge >= 0.3 is 0 Å². The molecule has 0 saturated carbocycles. The highest BCUT2D eigenvalue weighted by Gasteiger charge is 2.52. The molecule has 0 unspecified atom stereocenters. The van der Waals surface area contributed by atoms with Crippen LogP contribution >= 0.6 is 14.1 Å². The van der Waals surface area contributed by atoms with Crippen molar-refractivity contribution in [2.45, 2.75) is 52.4 Å². The second-order valence-corrected chi connectivity index (χ2v) is 26.0. The lowest BCUT2D eigenvalue weighted by Gasteiger charge is -2.32. The molecule has 9 rings (SSSR count). The van der Waals surface area contributed by atoms with Crippen molar-refractivity contribution in [3.63, 3.8) is 0 Å². The summed E-state index contributed by atoms with van der Waals surface area (Å²) in [6.45, 7) is 11.2. The lowest BCUT2D eigenvalue weighted by atomic mass is 9.86. The number of hydrogen-bond acceptors (Lipinski definition) is 0. The first-order valence-electron chi connectivity index (χ1n) is 23.2. The standard InChI is InChI=1S/C64H60P2/c1-63(2,3)53-44-40-49(41-45-53)61(65(55-28-13-7-14-29-55,56-30-15-8-16-31-56)57-32-17-9-18-33-57)51-26-25-27-52(48-51)62(50-42-46-54(47-43-50)64(4,5)6)66(58-34-19-10-20-35-58,59-36-21-11-22-37-59)60-38-23-12-24-39-60/h7-48H,1-6H3/q+2. The molecule has 66 heavy (non-hydrogen) atoms. The van der Waals surface area contributed by atoms with Crippen LogP contribution in [0.3, 0.4) is 0 Å². The van der Waals surface area contributed by atoms with E-state index < -0.39 is 14.1 Å². The third kappa shape index (κ3) is 8.46. The molecule has 0 saturated heterocycles. The molecule has 8 aromatic carbocycles. The van der Waals surface area contributed by atoms with Crippen molar-refractivity contribution in [3.05, 3.63) is 289 Å². The molecule has 0 fully saturated rings. The highest BCUT2D eigenvalue weighted by Crippen LogP contribution is 2.68. The van der Waals surface area contributed by atoms with E-state index in [0.717, 1.165) is 0 Å². The average molecular weight is 891 g/mol. The Morgan fingerprint density at radius 1 is 0.394 bits per heavy atom. The fraction of sp³-hybridized carbons (Fsp3) is 0.125. The molecule has 0 nitrogen and oxygen atoms in total. The van der Waals surface area contributed by atoms with Gasteiger partial charge in [0.15, 0.2) is 0 Å². The molecule has 0 aliphatic heterocycles. The van der Waals surface area contributed by atoms with Crippen LogP contribution in [-0.2, 0) is 10.8 Å². The first kappa shape index (κ1) is 44.8. The molecule has 0 N–H and O–H groups in total. The van der Waals surface area contributed by atoms with Crippen molar-refractivity contribution in [1.82, 2.24) is 0 Å². The molecule has 1 aliphatic rings. The summed E-state index contributed by atoms with van der Waals surface area (Å²) in [6.07, 6.45) is 9.64. The van der Waals surface area contributed by atoms with Gasteiger partial charge in [-0.25, -0.2) is 0 Å². The molecular weight excluding hydrogens is 831 g/mol. The van der Waals surface area contributed by atoms with Crippen molar-refractivity contribution >= 4 is 56.6 Å². The molecule has 0 amide bonds. The molecule has 0 aromatic heterocycles. The van der Waals surface area contributed by atoms with Gasteiger partial charge in [0.2, 0.25) is 0 Å². The number of rotatable bonds is 10. The molecule has 8 aromatic rings. The summed E-state index contributed by atoms with van der Waals surface area (Å²) in [5.74, 6) is 0. The van der Waals surface area contributed by atoms with Crippen LogP contribution in [0.15, 0.2) is 260 Å². The van der Waals surface area contributed by atoms with Crippen molar-refractivity contribution in [2.24, 2.45) is 0 Å². The lowest BCUT2D eigenvalue weighted by molar-refractivity contribution is 0.590. The maximum Gasteiger partial charge on any atom is 0.147 e. The smallest absolute Gasteiger partial charge is 0.0622 e. The highest BCUT2D eigenvalue weighted by atomic mass is 31.2. The SMILES string of the molecule is CC(C)(C)c1ccc(C(=C2C=C[CH+]C(C(c3ccc(C(C)(C)C)cc3)=P(c3ccccc3)(c3ccccc3)c3ccccc3)=C2)[P+](c2ccccc2)(c2ccccc2)c2ccccc2)cc1. The largest absolute Gasteiger partial charge is 0.147 e. The summed E-state index contributed by atoms with van der Waals surface area (Å²) in [4.78, 5) is 0. The average Bonchev–Trinajstić information content (AvgIpc) is 3.36. The maximum absolute atomic E-state index is 2.61. The minimum absolute atomic E-state index is 0.00881. The summed E-state index contributed by atoms with van der Waals surface area (Å²) in [5.41, 5.74) is 7.56. The maximum atomic E-state index is 2.55. The van der Waals surface area contributed by atoms with E-state index in [1.165, 1.54) is 75.8 Å². The molecular formula is C64H60P2+2. The van der Waals surface area contributed by atoms with Gasteiger partial charge in [-0.15, -0.1) is 0 Å². The predicted molar refractivity (Wildman–Crippen MR) is 293 cm³/mol. The minimum Gasteiger partial charge on any atom is -0.0622 e. The Morgan fingerprint density at radius 3 is 1.08 bits per heavy atom. The van der Waals surface area contributed by atoms with Gasteiger partial charge in [0.05, 0.1) is 5.29 Å². The van der Waals surface area contributed by atoms with E-state index in [0.29, 0.717) is 0 Å². The van der Waals surface area contributed by atoms with E-state index in [-0.39, 0.29) is 10.8 Å². The lowest BCUT2D eigenvalue weighted by Crippen LogP contribution is -2.33. The fourth-order valence-corrected chi connectivity index (χ4v) is 18.9. The monoisotopic (exact) mass is 890 g/mol. The molecule has 0 bridgehead atoms. The molecule has 324 valence electrons. The summed E-state index contributed by atoms with van der Waals surface area (Å²) >= 11 is 0. The van der Waals surface area contributed by atoms with Gasteiger partial charge in [-0.1, -0.05) is 224 Å². The topological polar surface area (TPSA) is 0 Å². The molecule has 1 aliphatic carbocycles. The van der Waals surface area contributed by atoms with Gasteiger partial charge in [0.25, 0.3) is 0 Å². The predicted octanol–water partition coefficient (Wildman–Crippen LogP) is 13.9. The van der Waals surface area contributed by atoms with Gasteiger partial charge in [-0.2, -0.15) is 0 Å². The summed E-state index contributed by atoms with van der Waals surface area (Å²) < 4.78 is 0. The first-order valence-corrected chi connectivity index (χ1v) is 26.8. The second kappa shape index (κ2) is 18.8. The zero-order valence-corrected chi connectivity index (χ0v) is 40.9. The summed E-state index contributed by atoms with van der Waals surface area (Å²) in [6, 6.07) is 87.0. The van der Waals surface area contributed by atoms with Gasteiger partial charge in [0.1, 0.15) is 39.6 Å². The second-order valence-electron chi connectivity index (χ2n) is 19.3. The van der Waals surface area contributed by atoms with Crippen molar-refractivity contribution in [2.75, 3.05) is 0 Å². The van der Waals surface area contributed by atoms with E-state index in [4.69, 9.17) is 0 Å². The quantitative estimate of drug-likeness (QED) is 0.0948. The van der Waals surface area contributed by atoms with Crippen LogP contribution in [0.4, 0.5) is 0 Å². The van der Waals surface area contributed by atoms with E-state index in [1.54, 1.807) is 0 Å². The van der Waals surface area contributed by atoms with Crippen LogP contribution in [-0.4, -0.2) is 5.29 Å². The van der Waals surface area contributed by atoms with E-state index in [2.05, 4.69) is 297 Å². The van der Waals surface area contributed by atoms with E-state index >= 15 is 0 Å². The molecule has 0 heterocycles. The van der Waals surface area contributed by atoms with E-state index in [1.807, 2.05) is 0 Å². The Kier molecular flexibility index (Phi) is 12.8. The van der Waals surface area contributed by atoms with Gasteiger partial charge < -0.3 is 0 Å². The zero-order chi connectivity index (χ0) is 45.8. The van der Waals surface area contributed by atoms with Gasteiger partial charge in [0, 0.05) is 42.7 Å². The number of hydrogen-bond donors (Lipinski definition) is 0. The van der Waals surface area contributed by atoms with Crippen LogP contribution in [0.5, 0.6) is 0 Å². The minimum atomic E-state index is -2.61. The molecule has 2 heteroatoms. The first-order chi connectivity index (χ1) is 32.0. The summed E-state index contributed by atoms with van der Waals surface area (Å²) in [5, 5.41) is 10.6. The van der Waals surface area contributed by atoms with Crippen molar-refractivity contribution in [1.29, 1.82) is 0 Å². The van der Waals surface area contributed by atoms with Crippen LogP contribution in [0.25, 0.3) is 5.31 Å². The van der Waals surface area contributed by atoms with Crippen LogP contribution in [0.1, 0.15) is 63.8 Å². The van der Waals surface area contributed by atoms with Gasteiger partial charge in [-0.05, 0) is 86.4 Å². The third-order valence-corrected chi connectivity index (χ3v) is 21.8. The molecule has 0 spiro atoms. The van der Waals surface area contributed by atoms with Crippen LogP contribution in [0, 0.1) is 6.42 Å². The Bertz CT molecular complexity index is 2840. The van der Waals surface area contributed by atoms with Crippen molar-refractivity contribution < 1.29 is 0 Å². The van der Waals surface area contributed by atoms with Gasteiger partial charge in [-0.3, -0.25) is 0 Å². The number of benzene rings is 8. The zero-order valence-electron chi connectivity index (χ0n) is 39.1.